The molecule has 2 rings (SSSR count). The summed E-state index contributed by atoms with van der Waals surface area (Å²) in [7, 11) is 1.47. The van der Waals surface area contributed by atoms with Crippen LogP contribution in [0.3, 0.4) is 0 Å². The molecular formula is C19H21N3O5. The van der Waals surface area contributed by atoms with Crippen molar-refractivity contribution in [2.24, 2.45) is 5.10 Å². The van der Waals surface area contributed by atoms with Crippen LogP contribution in [-0.4, -0.2) is 36.9 Å². The van der Waals surface area contributed by atoms with Crippen LogP contribution in [0.5, 0.6) is 17.2 Å². The van der Waals surface area contributed by atoms with Gasteiger partial charge in [0.1, 0.15) is 5.75 Å². The van der Waals surface area contributed by atoms with Gasteiger partial charge in [0.15, 0.2) is 11.5 Å². The maximum atomic E-state index is 12.0. The molecule has 0 bridgehead atoms. The lowest BCUT2D eigenvalue weighted by Crippen LogP contribution is -2.32. The molecule has 2 amide bonds. The quantitative estimate of drug-likeness (QED) is 0.410. The molecule has 0 aliphatic heterocycles. The number of methoxy groups -OCH3 is 1. The summed E-state index contributed by atoms with van der Waals surface area (Å²) in [5, 5.41) is 15.9. The molecule has 3 N–H and O–H groups in total. The Kier molecular flexibility index (Phi) is 6.76. The van der Waals surface area contributed by atoms with Crippen LogP contribution in [0.2, 0.25) is 0 Å². The minimum absolute atomic E-state index is 0.00418. The first-order chi connectivity index (χ1) is 12.9. The van der Waals surface area contributed by atoms with E-state index in [1.54, 1.807) is 31.2 Å². The summed E-state index contributed by atoms with van der Waals surface area (Å²) in [5.74, 6) is -1.06. The van der Waals surface area contributed by atoms with Crippen LogP contribution >= 0.6 is 0 Å². The molecule has 0 unspecified atom stereocenters. The number of amides is 2. The van der Waals surface area contributed by atoms with E-state index in [-0.39, 0.29) is 5.75 Å². The van der Waals surface area contributed by atoms with E-state index in [1.165, 1.54) is 19.4 Å². The Morgan fingerprint density at radius 2 is 1.93 bits per heavy atom. The average molecular weight is 371 g/mol. The summed E-state index contributed by atoms with van der Waals surface area (Å²) < 4.78 is 10.4. The van der Waals surface area contributed by atoms with Gasteiger partial charge in [0.2, 0.25) is 0 Å². The van der Waals surface area contributed by atoms with Crippen LogP contribution in [0.25, 0.3) is 0 Å². The first-order valence-corrected chi connectivity index (χ1v) is 8.19. The Morgan fingerprint density at radius 3 is 2.63 bits per heavy atom. The molecule has 0 aromatic heterocycles. The lowest BCUT2D eigenvalue weighted by molar-refractivity contribution is -0.136. The highest BCUT2D eigenvalue weighted by Gasteiger charge is 2.15. The van der Waals surface area contributed by atoms with Crippen molar-refractivity contribution in [1.82, 2.24) is 5.43 Å². The topological polar surface area (TPSA) is 109 Å². The third-order valence-corrected chi connectivity index (χ3v) is 3.47. The third kappa shape index (κ3) is 5.46. The molecule has 8 nitrogen and oxygen atoms in total. The Balaban J connectivity index is 1.99. The van der Waals surface area contributed by atoms with E-state index in [2.05, 4.69) is 15.8 Å². The van der Waals surface area contributed by atoms with Crippen LogP contribution in [-0.2, 0) is 9.59 Å². The second-order valence-corrected chi connectivity index (χ2v) is 5.52. The summed E-state index contributed by atoms with van der Waals surface area (Å²) in [5.41, 5.74) is 4.02. The molecule has 142 valence electrons. The number of rotatable bonds is 6. The zero-order valence-corrected chi connectivity index (χ0v) is 15.3. The van der Waals surface area contributed by atoms with Gasteiger partial charge in [-0.1, -0.05) is 6.07 Å². The van der Waals surface area contributed by atoms with Gasteiger partial charge in [0, 0.05) is 0 Å². The standard InChI is InChI=1S/C19H21N3O5/c1-4-27-17-10-13(6-7-15(17)23)11-20-22-19(25)18(24)21-14-9-12(2)5-8-16(14)26-3/h5-11,23H,4H2,1-3H3,(H,21,24)(H,22,25)/b20-11-. The number of phenols is 1. The molecule has 27 heavy (non-hydrogen) atoms. The summed E-state index contributed by atoms with van der Waals surface area (Å²) in [4.78, 5) is 23.9. The first kappa shape index (κ1) is 19.8. The highest BCUT2D eigenvalue weighted by atomic mass is 16.5. The fourth-order valence-corrected chi connectivity index (χ4v) is 2.20. The maximum Gasteiger partial charge on any atom is 0.329 e. The molecule has 0 aliphatic rings. The number of nitrogens with zero attached hydrogens (tertiary/aromatic N) is 1. The molecule has 0 spiro atoms. The number of carbonyl (C=O) groups is 2. The second kappa shape index (κ2) is 9.23. The highest BCUT2D eigenvalue weighted by Crippen LogP contribution is 2.26. The molecule has 0 heterocycles. The van der Waals surface area contributed by atoms with E-state index in [4.69, 9.17) is 9.47 Å². The van der Waals surface area contributed by atoms with Crippen LogP contribution < -0.4 is 20.2 Å². The van der Waals surface area contributed by atoms with Gasteiger partial charge >= 0.3 is 11.8 Å². The molecule has 2 aromatic rings. The number of phenolic OH excluding ortho intramolecular Hbond substituents is 1. The zero-order valence-electron chi connectivity index (χ0n) is 15.3. The fraction of sp³-hybridized carbons (Fsp3) is 0.211. The lowest BCUT2D eigenvalue weighted by atomic mass is 10.2. The van der Waals surface area contributed by atoms with Gasteiger partial charge in [-0.2, -0.15) is 5.10 Å². The summed E-state index contributed by atoms with van der Waals surface area (Å²) in [6.45, 7) is 4.05. The molecule has 0 fully saturated rings. The molecule has 0 aliphatic carbocycles. The number of anilines is 1. The van der Waals surface area contributed by atoms with Gasteiger partial charge in [-0.05, 0) is 55.3 Å². The minimum atomic E-state index is -0.932. The molecule has 0 saturated carbocycles. The van der Waals surface area contributed by atoms with Crippen molar-refractivity contribution < 1.29 is 24.2 Å². The molecule has 0 saturated heterocycles. The highest BCUT2D eigenvalue weighted by molar-refractivity contribution is 6.39. The predicted molar refractivity (Wildman–Crippen MR) is 101 cm³/mol. The van der Waals surface area contributed by atoms with Crippen molar-refractivity contribution in [2.45, 2.75) is 13.8 Å². The number of benzene rings is 2. The number of hydrogen-bond acceptors (Lipinski definition) is 6. The minimum Gasteiger partial charge on any atom is -0.504 e. The van der Waals surface area contributed by atoms with Crippen molar-refractivity contribution in [2.75, 3.05) is 19.0 Å². The molecular weight excluding hydrogens is 350 g/mol. The van der Waals surface area contributed by atoms with E-state index in [9.17, 15) is 14.7 Å². The summed E-state index contributed by atoms with van der Waals surface area (Å²) >= 11 is 0. The Morgan fingerprint density at radius 1 is 1.15 bits per heavy atom. The fourth-order valence-electron chi connectivity index (χ4n) is 2.20. The van der Waals surface area contributed by atoms with Gasteiger partial charge < -0.3 is 19.9 Å². The number of aromatic hydroxyl groups is 1. The molecule has 0 radical (unpaired) electrons. The van der Waals surface area contributed by atoms with Crippen LogP contribution in [0.1, 0.15) is 18.1 Å². The molecule has 8 heteroatoms. The SMILES string of the molecule is CCOc1cc(/C=N\NC(=O)C(=O)Nc2cc(C)ccc2OC)ccc1O. The van der Waals surface area contributed by atoms with Gasteiger partial charge in [-0.15, -0.1) is 0 Å². The van der Waals surface area contributed by atoms with Crippen molar-refractivity contribution in [3.05, 3.63) is 47.5 Å². The summed E-state index contributed by atoms with van der Waals surface area (Å²) in [6, 6.07) is 9.82. The number of hydrazone groups is 1. The largest absolute Gasteiger partial charge is 0.504 e. The molecule has 2 aromatic carbocycles. The number of carbonyl (C=O) groups excluding carboxylic acids is 2. The Bertz CT molecular complexity index is 864. The Hall–Kier alpha value is -3.55. The van der Waals surface area contributed by atoms with Crippen molar-refractivity contribution in [3.63, 3.8) is 0 Å². The number of nitrogens with one attached hydrogen (secondary N) is 2. The van der Waals surface area contributed by atoms with Crippen LogP contribution in [0.15, 0.2) is 41.5 Å². The normalized spacial score (nSPS) is 10.5. The van der Waals surface area contributed by atoms with E-state index < -0.39 is 11.8 Å². The average Bonchev–Trinajstić information content (AvgIpc) is 2.64. The van der Waals surface area contributed by atoms with Crippen molar-refractivity contribution in [3.8, 4) is 17.2 Å². The second-order valence-electron chi connectivity index (χ2n) is 5.52. The maximum absolute atomic E-state index is 12.0. The van der Waals surface area contributed by atoms with Crippen LogP contribution in [0.4, 0.5) is 5.69 Å². The zero-order chi connectivity index (χ0) is 19.8. The van der Waals surface area contributed by atoms with E-state index in [1.807, 2.05) is 13.0 Å². The smallest absolute Gasteiger partial charge is 0.329 e. The van der Waals surface area contributed by atoms with Gasteiger partial charge in [-0.3, -0.25) is 9.59 Å². The van der Waals surface area contributed by atoms with Crippen LogP contribution in [0, 0.1) is 6.92 Å². The number of hydrogen-bond donors (Lipinski definition) is 3. The molecule has 0 atom stereocenters. The van der Waals surface area contributed by atoms with Gasteiger partial charge in [0.05, 0.1) is 25.6 Å². The van der Waals surface area contributed by atoms with Gasteiger partial charge in [-0.25, -0.2) is 5.43 Å². The number of ether oxygens (including phenoxy) is 2. The van der Waals surface area contributed by atoms with Crippen molar-refractivity contribution >= 4 is 23.7 Å². The van der Waals surface area contributed by atoms with Crippen molar-refractivity contribution in [1.29, 1.82) is 0 Å². The Labute approximate surface area is 156 Å². The van der Waals surface area contributed by atoms with E-state index in [0.29, 0.717) is 29.4 Å². The number of aryl methyl sites for hydroxylation is 1. The predicted octanol–water partition coefficient (Wildman–Crippen LogP) is 2.20. The van der Waals surface area contributed by atoms with E-state index >= 15 is 0 Å². The first-order valence-electron chi connectivity index (χ1n) is 8.19. The van der Waals surface area contributed by atoms with E-state index in [0.717, 1.165) is 5.56 Å². The van der Waals surface area contributed by atoms with Gasteiger partial charge in [0.25, 0.3) is 0 Å². The third-order valence-electron chi connectivity index (χ3n) is 3.47. The monoisotopic (exact) mass is 371 g/mol. The lowest BCUT2D eigenvalue weighted by Gasteiger charge is -2.10. The summed E-state index contributed by atoms with van der Waals surface area (Å²) in [6.07, 6.45) is 1.33.